The Labute approximate surface area is 169 Å². The molecule has 1 amide bonds. The van der Waals surface area contributed by atoms with Gasteiger partial charge in [0.2, 0.25) is 12.7 Å². The van der Waals surface area contributed by atoms with Crippen molar-refractivity contribution in [2.45, 2.75) is 18.4 Å². The molecule has 0 bridgehead atoms. The van der Waals surface area contributed by atoms with E-state index in [2.05, 4.69) is 4.40 Å². The minimum absolute atomic E-state index is 0.0150. The van der Waals surface area contributed by atoms with E-state index in [1.54, 1.807) is 35.0 Å². The Morgan fingerprint density at radius 3 is 2.69 bits per heavy atom. The summed E-state index contributed by atoms with van der Waals surface area (Å²) in [6.07, 6.45) is 0. The molecule has 0 N–H and O–H groups in total. The molecule has 2 aromatic carbocycles. The third-order valence-electron chi connectivity index (χ3n) is 4.89. The van der Waals surface area contributed by atoms with E-state index in [0.717, 1.165) is 5.56 Å². The summed E-state index contributed by atoms with van der Waals surface area (Å²) < 4.78 is 39.1. The molecule has 0 saturated carbocycles. The van der Waals surface area contributed by atoms with Gasteiger partial charge in [-0.3, -0.25) is 4.79 Å². The zero-order valence-corrected chi connectivity index (χ0v) is 17.0. The SMILES string of the molecule is CCN(Cc1ccc2c(c1)OCO2)C(=O)CN(C)C1=NS(=O)(=O)c2ccccc21. The number of likely N-dealkylation sites (N-methyl/N-ethyl adjacent to an activating group) is 2. The van der Waals surface area contributed by atoms with Gasteiger partial charge in [0, 0.05) is 25.7 Å². The summed E-state index contributed by atoms with van der Waals surface area (Å²) in [5, 5.41) is 0. The topological polar surface area (TPSA) is 88.5 Å². The van der Waals surface area contributed by atoms with Crippen LogP contribution in [-0.4, -0.2) is 56.9 Å². The Hall–Kier alpha value is -3.07. The van der Waals surface area contributed by atoms with Gasteiger partial charge in [-0.1, -0.05) is 18.2 Å². The Morgan fingerprint density at radius 1 is 1.14 bits per heavy atom. The van der Waals surface area contributed by atoms with Crippen molar-refractivity contribution in [2.75, 3.05) is 26.9 Å². The number of hydrogen-bond acceptors (Lipinski definition) is 6. The van der Waals surface area contributed by atoms with Crippen molar-refractivity contribution in [3.8, 4) is 11.5 Å². The van der Waals surface area contributed by atoms with Gasteiger partial charge in [-0.15, -0.1) is 4.40 Å². The third kappa shape index (κ3) is 3.65. The van der Waals surface area contributed by atoms with E-state index < -0.39 is 10.0 Å². The fraction of sp³-hybridized carbons (Fsp3) is 0.300. The maximum absolute atomic E-state index is 12.9. The molecule has 9 heteroatoms. The van der Waals surface area contributed by atoms with Crippen LogP contribution < -0.4 is 9.47 Å². The number of hydrogen-bond donors (Lipinski definition) is 0. The molecule has 0 radical (unpaired) electrons. The van der Waals surface area contributed by atoms with E-state index in [1.165, 1.54) is 6.07 Å². The molecule has 0 fully saturated rings. The lowest BCUT2D eigenvalue weighted by Gasteiger charge is -2.25. The second-order valence-electron chi connectivity index (χ2n) is 6.84. The van der Waals surface area contributed by atoms with Gasteiger partial charge < -0.3 is 19.3 Å². The minimum atomic E-state index is -3.72. The zero-order valence-electron chi connectivity index (χ0n) is 16.2. The maximum Gasteiger partial charge on any atom is 0.285 e. The number of amidine groups is 1. The Bertz CT molecular complexity index is 1100. The number of carbonyl (C=O) groups is 1. The summed E-state index contributed by atoms with van der Waals surface area (Å²) in [7, 11) is -2.05. The molecule has 2 heterocycles. The molecule has 0 saturated heterocycles. The van der Waals surface area contributed by atoms with Crippen LogP contribution in [0.2, 0.25) is 0 Å². The molecule has 2 aliphatic heterocycles. The highest BCUT2D eigenvalue weighted by atomic mass is 32.2. The van der Waals surface area contributed by atoms with Crippen LogP contribution in [0.1, 0.15) is 18.1 Å². The average molecular weight is 415 g/mol. The van der Waals surface area contributed by atoms with Gasteiger partial charge in [0.25, 0.3) is 10.0 Å². The number of benzene rings is 2. The average Bonchev–Trinajstić information content (AvgIpc) is 3.28. The number of ether oxygens (including phenoxy) is 2. The quantitative estimate of drug-likeness (QED) is 0.741. The maximum atomic E-state index is 12.9. The van der Waals surface area contributed by atoms with Gasteiger partial charge in [-0.2, -0.15) is 8.42 Å². The van der Waals surface area contributed by atoms with Crippen molar-refractivity contribution in [3.63, 3.8) is 0 Å². The molecule has 0 unspecified atom stereocenters. The summed E-state index contributed by atoms with van der Waals surface area (Å²) >= 11 is 0. The first-order chi connectivity index (χ1) is 13.9. The normalized spacial score (nSPS) is 15.6. The molecule has 2 aromatic rings. The van der Waals surface area contributed by atoms with Gasteiger partial charge in [0.1, 0.15) is 4.90 Å². The number of sulfonamides is 1. The van der Waals surface area contributed by atoms with Crippen molar-refractivity contribution in [1.82, 2.24) is 9.80 Å². The van der Waals surface area contributed by atoms with Crippen LogP contribution in [0.3, 0.4) is 0 Å². The van der Waals surface area contributed by atoms with Crippen LogP contribution in [0.25, 0.3) is 0 Å². The number of nitrogens with zero attached hydrogens (tertiary/aromatic N) is 3. The first kappa shape index (κ1) is 19.3. The Kier molecular flexibility index (Phi) is 4.91. The van der Waals surface area contributed by atoms with E-state index in [0.29, 0.717) is 30.2 Å². The molecule has 152 valence electrons. The van der Waals surface area contributed by atoms with E-state index in [9.17, 15) is 13.2 Å². The van der Waals surface area contributed by atoms with E-state index in [4.69, 9.17) is 9.47 Å². The highest BCUT2D eigenvalue weighted by Gasteiger charge is 2.31. The fourth-order valence-electron chi connectivity index (χ4n) is 3.38. The lowest BCUT2D eigenvalue weighted by molar-refractivity contribution is -0.131. The molecule has 29 heavy (non-hydrogen) atoms. The predicted octanol–water partition coefficient (Wildman–Crippen LogP) is 1.84. The molecular weight excluding hydrogens is 394 g/mol. The van der Waals surface area contributed by atoms with Gasteiger partial charge in [0.15, 0.2) is 17.3 Å². The van der Waals surface area contributed by atoms with Crippen molar-refractivity contribution in [3.05, 3.63) is 53.6 Å². The lowest BCUT2D eigenvalue weighted by Crippen LogP contribution is -2.40. The summed E-state index contributed by atoms with van der Waals surface area (Å²) in [6.45, 7) is 3.05. The third-order valence-corrected chi connectivity index (χ3v) is 6.22. The van der Waals surface area contributed by atoms with Crippen molar-refractivity contribution < 1.29 is 22.7 Å². The van der Waals surface area contributed by atoms with E-state index in [1.807, 2.05) is 25.1 Å². The van der Waals surface area contributed by atoms with Gasteiger partial charge >= 0.3 is 0 Å². The van der Waals surface area contributed by atoms with Crippen molar-refractivity contribution in [2.24, 2.45) is 4.40 Å². The smallest absolute Gasteiger partial charge is 0.285 e. The van der Waals surface area contributed by atoms with Gasteiger partial charge in [-0.25, -0.2) is 0 Å². The first-order valence-corrected chi connectivity index (χ1v) is 10.6. The van der Waals surface area contributed by atoms with Crippen LogP contribution in [0, 0.1) is 0 Å². The molecule has 0 spiro atoms. The Morgan fingerprint density at radius 2 is 1.90 bits per heavy atom. The number of carbonyl (C=O) groups excluding carboxylic acids is 1. The van der Waals surface area contributed by atoms with Crippen molar-refractivity contribution >= 4 is 21.8 Å². The number of rotatable bonds is 5. The van der Waals surface area contributed by atoms with E-state index >= 15 is 0 Å². The first-order valence-electron chi connectivity index (χ1n) is 9.21. The predicted molar refractivity (Wildman–Crippen MR) is 106 cm³/mol. The van der Waals surface area contributed by atoms with Crippen molar-refractivity contribution in [1.29, 1.82) is 0 Å². The summed E-state index contributed by atoms with van der Waals surface area (Å²) in [6, 6.07) is 12.2. The Balaban J connectivity index is 1.48. The summed E-state index contributed by atoms with van der Waals surface area (Å²) in [4.78, 5) is 16.3. The number of amides is 1. The molecule has 0 aromatic heterocycles. The van der Waals surface area contributed by atoms with E-state index in [-0.39, 0.29) is 30.0 Å². The second-order valence-corrected chi connectivity index (χ2v) is 8.41. The van der Waals surface area contributed by atoms with Crippen LogP contribution in [0.15, 0.2) is 51.8 Å². The largest absolute Gasteiger partial charge is 0.454 e. The highest BCUT2D eigenvalue weighted by molar-refractivity contribution is 7.90. The molecule has 2 aliphatic rings. The van der Waals surface area contributed by atoms with Crippen LogP contribution in [-0.2, 0) is 21.4 Å². The summed E-state index contributed by atoms with van der Waals surface area (Å²) in [5.41, 5.74) is 1.44. The monoisotopic (exact) mass is 415 g/mol. The van der Waals surface area contributed by atoms with Gasteiger partial charge in [-0.05, 0) is 36.8 Å². The molecule has 0 atom stereocenters. The second kappa shape index (κ2) is 7.40. The fourth-order valence-corrected chi connectivity index (χ4v) is 4.63. The minimum Gasteiger partial charge on any atom is -0.454 e. The van der Waals surface area contributed by atoms with Crippen LogP contribution >= 0.6 is 0 Å². The standard InChI is InChI=1S/C20H21N3O5S/c1-3-23(11-14-8-9-16-17(10-14)28-13-27-16)19(24)12-22(2)20-15-6-4-5-7-18(15)29(25,26)21-20/h4-10H,3,11-13H2,1-2H3. The van der Waals surface area contributed by atoms with Crippen LogP contribution in [0.5, 0.6) is 11.5 Å². The summed E-state index contributed by atoms with van der Waals surface area (Å²) in [5.74, 6) is 1.53. The molecule has 8 nitrogen and oxygen atoms in total. The molecule has 0 aliphatic carbocycles. The molecule has 4 rings (SSSR count). The van der Waals surface area contributed by atoms with Gasteiger partial charge in [0.05, 0.1) is 6.54 Å². The highest BCUT2D eigenvalue weighted by Crippen LogP contribution is 2.33. The number of fused-ring (bicyclic) bond motifs is 2. The molecular formula is C20H21N3O5S. The van der Waals surface area contributed by atoms with Crippen LogP contribution in [0.4, 0.5) is 0 Å². The lowest BCUT2D eigenvalue weighted by atomic mass is 10.1. The zero-order chi connectivity index (χ0) is 20.6.